The van der Waals surface area contributed by atoms with E-state index in [-0.39, 0.29) is 24.8 Å². The molecule has 0 atom stereocenters. The molecule has 8 rings (SSSR count). The molecule has 4 aromatic carbocycles. The third kappa shape index (κ3) is 17.2. The Bertz CT molecular complexity index is 1070. The maximum atomic E-state index is 2.26. The summed E-state index contributed by atoms with van der Waals surface area (Å²) in [5.74, 6) is 0. The first-order chi connectivity index (χ1) is 21.3. The first kappa shape index (κ1) is 43.5. The van der Waals surface area contributed by atoms with Crippen molar-refractivity contribution in [1.82, 2.24) is 0 Å². The van der Waals surface area contributed by atoms with Crippen molar-refractivity contribution in [3.63, 3.8) is 0 Å². The van der Waals surface area contributed by atoms with E-state index in [9.17, 15) is 0 Å². The Balaban J connectivity index is 0.000000282. The Morgan fingerprint density at radius 3 is 0.739 bits per heavy atom. The number of aryl methyl sites for hydroxylation is 8. The van der Waals surface area contributed by atoms with Gasteiger partial charge in [-0.25, -0.2) is 24.3 Å². The van der Waals surface area contributed by atoms with E-state index in [1.54, 1.807) is 93.0 Å². The molecule has 0 nitrogen and oxygen atoms in total. The van der Waals surface area contributed by atoms with Crippen molar-refractivity contribution >= 4 is 6.41 Å². The second-order valence-corrected chi connectivity index (χ2v) is 18.0. The van der Waals surface area contributed by atoms with E-state index in [0.717, 1.165) is 0 Å². The standard InChI is InChI=1S/4C9H11.2C3H6.2ClH.2Zr/c4*1-2-5-9-7-3-6-8(9)4-1;2*1-3-2;;;;/h4*3,6-7H,1-2,4-5H2;2*1-2H3;2*1H;;/q4*-1;;;;;2*+2/p-2. The summed E-state index contributed by atoms with van der Waals surface area (Å²) >= 11 is 3.11. The number of fused-ring (bicyclic) bond motifs is 4. The predicted octanol–water partition coefficient (Wildman–Crippen LogP) is 4.64. The van der Waals surface area contributed by atoms with Crippen molar-refractivity contribution in [1.29, 1.82) is 0 Å². The minimum absolute atomic E-state index is 0. The van der Waals surface area contributed by atoms with Crippen LogP contribution in [0.3, 0.4) is 0 Å². The van der Waals surface area contributed by atoms with Crippen LogP contribution in [-0.2, 0) is 99.8 Å². The molecule has 0 saturated heterocycles. The molecule has 0 fully saturated rings. The third-order valence-electron chi connectivity index (χ3n) is 8.60. The molecule has 46 heavy (non-hydrogen) atoms. The van der Waals surface area contributed by atoms with E-state index in [1.165, 1.54) is 109 Å². The molecule has 0 heterocycles. The molecule has 4 aromatic rings. The van der Waals surface area contributed by atoms with Crippen molar-refractivity contribution in [3.8, 4) is 0 Å². The van der Waals surface area contributed by atoms with Crippen molar-refractivity contribution in [2.75, 3.05) is 0 Å². The van der Waals surface area contributed by atoms with E-state index in [0.29, 0.717) is 0 Å². The van der Waals surface area contributed by atoms with Crippen LogP contribution in [0.1, 0.15) is 124 Å². The van der Waals surface area contributed by atoms with Gasteiger partial charge in [-0.15, -0.1) is 0 Å². The quantitative estimate of drug-likeness (QED) is 0.228. The average molecular weight is 814 g/mol. The van der Waals surface area contributed by atoms with Gasteiger partial charge in [0.2, 0.25) is 0 Å². The van der Waals surface area contributed by atoms with Gasteiger partial charge in [0.05, 0.1) is 0 Å². The first-order valence-electron chi connectivity index (χ1n) is 17.3. The summed E-state index contributed by atoms with van der Waals surface area (Å²) in [5, 5.41) is 0. The minimum Gasteiger partial charge on any atom is -1.00 e. The van der Waals surface area contributed by atoms with Crippen LogP contribution < -0.4 is 24.8 Å². The molecule has 4 aliphatic rings. The number of hydrogen-bond donors (Lipinski definition) is 0. The van der Waals surface area contributed by atoms with Crippen molar-refractivity contribution in [3.05, 3.63) is 117 Å². The molecule has 0 saturated carbocycles. The molecule has 0 N–H and O–H groups in total. The van der Waals surface area contributed by atoms with Crippen LogP contribution in [0.2, 0.25) is 0 Å². The molecule has 248 valence electrons. The molecule has 0 bridgehead atoms. The summed E-state index contributed by atoms with van der Waals surface area (Å²) in [6.45, 7) is 8.49. The Labute approximate surface area is 324 Å². The van der Waals surface area contributed by atoms with E-state index >= 15 is 0 Å². The van der Waals surface area contributed by atoms with Crippen molar-refractivity contribution < 1.29 is 73.3 Å². The smallest absolute Gasteiger partial charge is 0.0512 e. The number of rotatable bonds is 0. The summed E-state index contributed by atoms with van der Waals surface area (Å²) in [4.78, 5) is 0. The van der Waals surface area contributed by atoms with Gasteiger partial charge in [-0.3, -0.25) is 0 Å². The largest absolute Gasteiger partial charge is 1.00 e. The second-order valence-electron chi connectivity index (χ2n) is 13.1. The zero-order chi connectivity index (χ0) is 31.6. The van der Waals surface area contributed by atoms with Gasteiger partial charge in [-0.05, 0) is 0 Å². The summed E-state index contributed by atoms with van der Waals surface area (Å²) in [7, 11) is 0. The van der Waals surface area contributed by atoms with Gasteiger partial charge in [0, 0.05) is 0 Å². The van der Waals surface area contributed by atoms with Crippen LogP contribution in [0.5, 0.6) is 0 Å². The zero-order valence-corrected chi connectivity index (χ0v) is 35.4. The zero-order valence-electron chi connectivity index (χ0n) is 29.0. The average Bonchev–Trinajstić information content (AvgIpc) is 3.84. The molecule has 0 unspecified atom stereocenters. The molecule has 0 aliphatic heterocycles. The molecule has 4 heteroatoms. The van der Waals surface area contributed by atoms with E-state index in [2.05, 4.69) is 100 Å². The fourth-order valence-corrected chi connectivity index (χ4v) is 6.45. The van der Waals surface area contributed by atoms with E-state index in [4.69, 9.17) is 0 Å². The summed E-state index contributed by atoms with van der Waals surface area (Å²) in [5.41, 5.74) is 12.8. The molecular formula is C42H56Cl2Zr2-2. The van der Waals surface area contributed by atoms with Gasteiger partial charge in [0.15, 0.2) is 0 Å². The Morgan fingerprint density at radius 1 is 0.391 bits per heavy atom. The molecule has 0 amide bonds. The summed E-state index contributed by atoms with van der Waals surface area (Å²) in [6.07, 6.45) is 21.8. The molecule has 0 radical (unpaired) electrons. The van der Waals surface area contributed by atoms with Gasteiger partial charge in [-0.2, -0.15) is 93.0 Å². The van der Waals surface area contributed by atoms with Crippen LogP contribution in [-0.4, -0.2) is 6.41 Å². The second kappa shape index (κ2) is 25.5. The Kier molecular flexibility index (Phi) is 24.1. The first-order valence-corrected chi connectivity index (χ1v) is 19.8. The monoisotopic (exact) mass is 810 g/mol. The predicted molar refractivity (Wildman–Crippen MR) is 187 cm³/mol. The molecule has 0 aromatic heterocycles. The number of halogens is 2. The van der Waals surface area contributed by atoms with E-state index in [1.807, 2.05) is 0 Å². The number of hydrogen-bond acceptors (Lipinski definition) is 0. The fourth-order valence-electron chi connectivity index (χ4n) is 6.45. The minimum atomic E-state index is 0. The third-order valence-corrected chi connectivity index (χ3v) is 8.60. The topological polar surface area (TPSA) is 0 Å². The normalized spacial score (nSPS) is 14.8. The van der Waals surface area contributed by atoms with Crippen LogP contribution in [0.25, 0.3) is 0 Å². The van der Waals surface area contributed by atoms with Gasteiger partial charge >= 0.3 is 82.6 Å². The maximum Gasteiger partial charge on any atom is -0.0512 e. The summed E-state index contributed by atoms with van der Waals surface area (Å²) in [6, 6.07) is 26.8. The molecule has 0 spiro atoms. The van der Waals surface area contributed by atoms with Crippen molar-refractivity contribution in [2.24, 2.45) is 0 Å². The SMILES string of the molecule is C[C](C)=[Zr+2].C[C](C)=[Zr+2].[Cl-].[Cl-].c1cc2c([cH-]1)CCCC2.c1cc2c([cH-]1)CCCC2.c1cc2c([cH-]1)CCCC2.c1cc2c([cH-]1)CCCC2. The van der Waals surface area contributed by atoms with Crippen LogP contribution >= 0.6 is 0 Å². The fraction of sp³-hybridized carbons (Fsp3) is 0.476. The van der Waals surface area contributed by atoms with Crippen LogP contribution in [0.15, 0.2) is 72.8 Å². The van der Waals surface area contributed by atoms with E-state index < -0.39 is 0 Å². The van der Waals surface area contributed by atoms with Gasteiger partial charge in [0.25, 0.3) is 0 Å². The van der Waals surface area contributed by atoms with Crippen LogP contribution in [0, 0.1) is 0 Å². The summed E-state index contributed by atoms with van der Waals surface area (Å²) < 4.78 is 3.01. The molecule has 4 aliphatic carbocycles. The Hall–Kier alpha value is -0.514. The van der Waals surface area contributed by atoms with Gasteiger partial charge in [-0.1, -0.05) is 103 Å². The molecular weight excluding hydrogens is 758 g/mol. The van der Waals surface area contributed by atoms with Crippen LogP contribution in [0.4, 0.5) is 0 Å². The van der Waals surface area contributed by atoms with Crippen molar-refractivity contribution in [2.45, 2.75) is 130 Å². The Morgan fingerprint density at radius 2 is 0.565 bits per heavy atom. The maximum absolute atomic E-state index is 2.26. The van der Waals surface area contributed by atoms with Gasteiger partial charge in [0.1, 0.15) is 0 Å². The van der Waals surface area contributed by atoms with Gasteiger partial charge < -0.3 is 24.8 Å².